The largest absolute Gasteiger partial charge is 0.487 e. The third-order valence-electron chi connectivity index (χ3n) is 3.83. The molecule has 4 nitrogen and oxygen atoms in total. The van der Waals surface area contributed by atoms with Gasteiger partial charge in [-0.05, 0) is 38.0 Å². The summed E-state index contributed by atoms with van der Waals surface area (Å²) in [6, 6.07) is 6.92. The van der Waals surface area contributed by atoms with E-state index in [2.05, 4.69) is 53.8 Å². The highest BCUT2D eigenvalue weighted by molar-refractivity contribution is 5.41. The Labute approximate surface area is 126 Å². The van der Waals surface area contributed by atoms with Crippen molar-refractivity contribution >= 4 is 0 Å². The molecule has 0 fully saturated rings. The number of imidazole rings is 1. The lowest BCUT2D eigenvalue weighted by molar-refractivity contribution is 0.138. The second-order valence-electron chi connectivity index (χ2n) is 6.52. The van der Waals surface area contributed by atoms with Crippen LogP contribution < -0.4 is 10.1 Å². The van der Waals surface area contributed by atoms with Gasteiger partial charge in [0.15, 0.2) is 0 Å². The van der Waals surface area contributed by atoms with E-state index < -0.39 is 0 Å². The topological polar surface area (TPSA) is 39.1 Å². The average molecular weight is 285 g/mol. The van der Waals surface area contributed by atoms with Crippen molar-refractivity contribution in [3.05, 3.63) is 48.0 Å². The molecule has 1 unspecified atom stereocenters. The van der Waals surface area contributed by atoms with Crippen LogP contribution in [0.4, 0.5) is 0 Å². The zero-order valence-electron chi connectivity index (χ0n) is 13.0. The second kappa shape index (κ2) is 5.53. The van der Waals surface area contributed by atoms with Gasteiger partial charge < -0.3 is 14.6 Å². The molecule has 1 aliphatic heterocycles. The molecule has 0 bridgehead atoms. The Balaban J connectivity index is 1.57. The number of hydrogen-bond acceptors (Lipinski definition) is 3. The summed E-state index contributed by atoms with van der Waals surface area (Å²) in [4.78, 5) is 4.07. The normalized spacial score (nSPS) is 17.3. The van der Waals surface area contributed by atoms with Gasteiger partial charge in [0.2, 0.25) is 0 Å². The molecule has 112 valence electrons. The Kier molecular flexibility index (Phi) is 3.72. The number of hydrogen-bond donors (Lipinski definition) is 1. The second-order valence-corrected chi connectivity index (χ2v) is 6.52. The number of nitrogens with one attached hydrogen (secondary N) is 1. The van der Waals surface area contributed by atoms with Gasteiger partial charge in [-0.25, -0.2) is 4.98 Å². The summed E-state index contributed by atoms with van der Waals surface area (Å²) >= 11 is 0. The van der Waals surface area contributed by atoms with E-state index in [1.807, 2.05) is 18.7 Å². The molecule has 1 aromatic heterocycles. The fourth-order valence-electron chi connectivity index (χ4n) is 2.84. The van der Waals surface area contributed by atoms with E-state index in [0.29, 0.717) is 6.04 Å². The molecule has 0 aliphatic carbocycles. The Morgan fingerprint density at radius 3 is 3.05 bits per heavy atom. The Hall–Kier alpha value is -1.81. The zero-order valence-corrected chi connectivity index (χ0v) is 13.0. The van der Waals surface area contributed by atoms with Crippen LogP contribution in [-0.4, -0.2) is 21.2 Å². The van der Waals surface area contributed by atoms with Crippen molar-refractivity contribution in [3.8, 4) is 5.75 Å². The van der Waals surface area contributed by atoms with E-state index in [4.69, 9.17) is 4.74 Å². The highest BCUT2D eigenvalue weighted by Crippen LogP contribution is 2.35. The maximum atomic E-state index is 5.91. The standard InChI is InChI=1S/C17H23N3O/c1-13(11-20-7-6-18-12-20)19-10-14-4-5-16-15(8-14)9-17(2,3)21-16/h4-8,12-13,19H,9-11H2,1-3H3. The van der Waals surface area contributed by atoms with Gasteiger partial charge in [-0.3, -0.25) is 0 Å². The minimum atomic E-state index is -0.0664. The number of nitrogens with zero attached hydrogens (tertiary/aromatic N) is 2. The summed E-state index contributed by atoms with van der Waals surface area (Å²) < 4.78 is 8.01. The summed E-state index contributed by atoms with van der Waals surface area (Å²) in [5.41, 5.74) is 2.57. The van der Waals surface area contributed by atoms with Gasteiger partial charge >= 0.3 is 0 Å². The molecular formula is C17H23N3O. The van der Waals surface area contributed by atoms with Crippen LogP contribution >= 0.6 is 0 Å². The molecule has 0 saturated carbocycles. The SMILES string of the molecule is CC(Cn1ccnc1)NCc1ccc2c(c1)CC(C)(C)O2. The van der Waals surface area contributed by atoms with Crippen LogP contribution in [-0.2, 0) is 19.5 Å². The monoisotopic (exact) mass is 285 g/mol. The van der Waals surface area contributed by atoms with E-state index in [1.54, 1.807) is 0 Å². The molecule has 0 radical (unpaired) electrons. The first-order valence-corrected chi connectivity index (χ1v) is 7.52. The van der Waals surface area contributed by atoms with Gasteiger partial charge in [0.25, 0.3) is 0 Å². The lowest BCUT2D eigenvalue weighted by Gasteiger charge is -2.16. The van der Waals surface area contributed by atoms with Crippen molar-refractivity contribution in [1.29, 1.82) is 0 Å². The van der Waals surface area contributed by atoms with Crippen LogP contribution in [0.2, 0.25) is 0 Å². The lowest BCUT2D eigenvalue weighted by atomic mass is 10.0. The molecule has 2 heterocycles. The predicted molar refractivity (Wildman–Crippen MR) is 83.4 cm³/mol. The zero-order chi connectivity index (χ0) is 14.9. The molecule has 1 aromatic carbocycles. The van der Waals surface area contributed by atoms with Crippen molar-refractivity contribution in [2.24, 2.45) is 0 Å². The third kappa shape index (κ3) is 3.45. The van der Waals surface area contributed by atoms with Gasteiger partial charge in [-0.1, -0.05) is 12.1 Å². The smallest absolute Gasteiger partial charge is 0.123 e. The maximum absolute atomic E-state index is 5.91. The van der Waals surface area contributed by atoms with Crippen LogP contribution in [0.3, 0.4) is 0 Å². The molecule has 21 heavy (non-hydrogen) atoms. The molecule has 1 atom stereocenters. The molecule has 0 saturated heterocycles. The maximum Gasteiger partial charge on any atom is 0.123 e. The van der Waals surface area contributed by atoms with E-state index >= 15 is 0 Å². The van der Waals surface area contributed by atoms with Gasteiger partial charge in [0.1, 0.15) is 11.4 Å². The van der Waals surface area contributed by atoms with Crippen molar-refractivity contribution < 1.29 is 4.74 Å². The first kappa shape index (κ1) is 14.1. The number of aromatic nitrogens is 2. The first-order valence-electron chi connectivity index (χ1n) is 7.52. The Bertz CT molecular complexity index is 605. The molecule has 0 amide bonds. The number of ether oxygens (including phenoxy) is 1. The Morgan fingerprint density at radius 1 is 1.43 bits per heavy atom. The summed E-state index contributed by atoms with van der Waals surface area (Å²) in [5, 5.41) is 3.56. The fraction of sp³-hybridized carbons (Fsp3) is 0.471. The van der Waals surface area contributed by atoms with E-state index in [9.17, 15) is 0 Å². The lowest BCUT2D eigenvalue weighted by Crippen LogP contribution is -2.29. The van der Waals surface area contributed by atoms with Crippen LogP contribution in [0, 0.1) is 0 Å². The molecule has 0 spiro atoms. The summed E-state index contributed by atoms with van der Waals surface area (Å²) in [7, 11) is 0. The van der Waals surface area contributed by atoms with Gasteiger partial charge in [0.05, 0.1) is 6.33 Å². The van der Waals surface area contributed by atoms with Crippen molar-refractivity contribution in [3.63, 3.8) is 0 Å². The first-order chi connectivity index (χ1) is 10.0. The summed E-state index contributed by atoms with van der Waals surface area (Å²) in [6.45, 7) is 8.28. The van der Waals surface area contributed by atoms with Crippen LogP contribution in [0.1, 0.15) is 31.9 Å². The van der Waals surface area contributed by atoms with E-state index in [1.165, 1.54) is 11.1 Å². The fourth-order valence-corrected chi connectivity index (χ4v) is 2.84. The molecule has 3 rings (SSSR count). The van der Waals surface area contributed by atoms with Gasteiger partial charge in [0, 0.05) is 37.9 Å². The number of rotatable bonds is 5. The quantitative estimate of drug-likeness (QED) is 0.918. The average Bonchev–Trinajstić information content (AvgIpc) is 3.01. The van der Waals surface area contributed by atoms with Crippen molar-refractivity contribution in [2.45, 2.75) is 51.9 Å². The molecule has 1 N–H and O–H groups in total. The molecule has 2 aromatic rings. The van der Waals surface area contributed by atoms with Crippen LogP contribution in [0.5, 0.6) is 5.75 Å². The molecule has 4 heteroatoms. The summed E-state index contributed by atoms with van der Waals surface area (Å²) in [6.07, 6.45) is 6.65. The molecule has 1 aliphatic rings. The third-order valence-corrected chi connectivity index (χ3v) is 3.83. The number of fused-ring (bicyclic) bond motifs is 1. The molecular weight excluding hydrogens is 262 g/mol. The minimum absolute atomic E-state index is 0.0664. The number of benzene rings is 1. The van der Waals surface area contributed by atoms with Crippen molar-refractivity contribution in [2.75, 3.05) is 0 Å². The highest BCUT2D eigenvalue weighted by atomic mass is 16.5. The van der Waals surface area contributed by atoms with Gasteiger partial charge in [-0.2, -0.15) is 0 Å². The van der Waals surface area contributed by atoms with E-state index in [0.717, 1.165) is 25.3 Å². The van der Waals surface area contributed by atoms with Crippen LogP contribution in [0.15, 0.2) is 36.9 Å². The predicted octanol–water partition coefficient (Wildman–Crippen LogP) is 2.77. The van der Waals surface area contributed by atoms with Crippen molar-refractivity contribution in [1.82, 2.24) is 14.9 Å². The Morgan fingerprint density at radius 2 is 2.29 bits per heavy atom. The van der Waals surface area contributed by atoms with Crippen LogP contribution in [0.25, 0.3) is 0 Å². The van der Waals surface area contributed by atoms with Gasteiger partial charge in [-0.15, -0.1) is 0 Å². The summed E-state index contributed by atoms with van der Waals surface area (Å²) in [5.74, 6) is 1.04. The highest BCUT2D eigenvalue weighted by Gasteiger charge is 2.29. The van der Waals surface area contributed by atoms with E-state index in [-0.39, 0.29) is 5.60 Å². The minimum Gasteiger partial charge on any atom is -0.487 e.